The number of esters is 1. The number of methoxy groups -OCH3 is 1. The van der Waals surface area contributed by atoms with E-state index in [2.05, 4.69) is 31.3 Å². The molecule has 0 saturated carbocycles. The van der Waals surface area contributed by atoms with E-state index in [1.165, 1.54) is 13.3 Å². The van der Waals surface area contributed by atoms with Crippen LogP contribution in [0.3, 0.4) is 0 Å². The fourth-order valence-corrected chi connectivity index (χ4v) is 2.25. The first kappa shape index (κ1) is 18.4. The first-order valence-corrected chi connectivity index (χ1v) is 7.94. The van der Waals surface area contributed by atoms with Crippen LogP contribution in [0.1, 0.15) is 52.6 Å². The number of nitrogens with zero attached hydrogens (tertiary/aromatic N) is 1. The highest BCUT2D eigenvalue weighted by Gasteiger charge is 2.14. The van der Waals surface area contributed by atoms with Crippen molar-refractivity contribution in [2.75, 3.05) is 7.11 Å². The Morgan fingerprint density at radius 1 is 1.04 bits per heavy atom. The van der Waals surface area contributed by atoms with Crippen LogP contribution in [0.5, 0.6) is 0 Å². The average Bonchev–Trinajstić information content (AvgIpc) is 2.60. The highest BCUT2D eigenvalue weighted by atomic mass is 16.5. The third-order valence-corrected chi connectivity index (χ3v) is 3.75. The minimum Gasteiger partial charge on any atom is -0.465 e. The van der Waals surface area contributed by atoms with Gasteiger partial charge in [0.15, 0.2) is 0 Å². The zero-order valence-corrected chi connectivity index (χ0v) is 14.9. The lowest BCUT2D eigenvalue weighted by molar-refractivity contribution is 0.0600. The van der Waals surface area contributed by atoms with Crippen molar-refractivity contribution in [3.8, 4) is 0 Å². The monoisotopic (exact) mass is 338 g/mol. The van der Waals surface area contributed by atoms with Gasteiger partial charge in [0.2, 0.25) is 0 Å². The van der Waals surface area contributed by atoms with E-state index in [9.17, 15) is 9.59 Å². The second-order valence-corrected chi connectivity index (χ2v) is 6.61. The van der Waals surface area contributed by atoms with Crippen LogP contribution in [-0.4, -0.2) is 25.2 Å². The lowest BCUT2D eigenvalue weighted by Gasteiger charge is -2.18. The molecular weight excluding hydrogens is 316 g/mol. The minimum absolute atomic E-state index is 0.0325. The lowest BCUT2D eigenvalue weighted by Crippen LogP contribution is -2.18. The summed E-state index contributed by atoms with van der Waals surface area (Å²) in [7, 11) is 1.32. The Labute approximate surface area is 147 Å². The average molecular weight is 338 g/mol. The molecule has 0 aliphatic carbocycles. The zero-order valence-electron chi connectivity index (χ0n) is 14.9. The molecule has 1 N–H and O–H groups in total. The van der Waals surface area contributed by atoms with E-state index in [1.54, 1.807) is 36.4 Å². The molecule has 5 heteroatoms. The highest BCUT2D eigenvalue weighted by molar-refractivity contribution is 6.00. The summed E-state index contributed by atoms with van der Waals surface area (Å²) >= 11 is 0. The summed E-state index contributed by atoms with van der Waals surface area (Å²) in [6.45, 7) is 6.35. The molecule has 0 heterocycles. The summed E-state index contributed by atoms with van der Waals surface area (Å²) in [4.78, 5) is 23.8. The van der Waals surface area contributed by atoms with E-state index in [1.807, 2.05) is 12.1 Å². The lowest BCUT2D eigenvalue weighted by atomic mass is 9.87. The molecule has 0 saturated heterocycles. The second kappa shape index (κ2) is 7.75. The number of carbonyl (C=O) groups excluding carboxylic acids is 2. The Kier molecular flexibility index (Phi) is 5.70. The van der Waals surface area contributed by atoms with E-state index in [4.69, 9.17) is 4.74 Å². The van der Waals surface area contributed by atoms with Gasteiger partial charge in [-0.25, -0.2) is 10.2 Å². The molecule has 2 rings (SSSR count). The van der Waals surface area contributed by atoms with Gasteiger partial charge in [0.1, 0.15) is 0 Å². The third kappa shape index (κ3) is 4.76. The Morgan fingerprint density at radius 2 is 1.68 bits per heavy atom. The maximum Gasteiger partial charge on any atom is 0.338 e. The van der Waals surface area contributed by atoms with Crippen LogP contribution < -0.4 is 5.43 Å². The van der Waals surface area contributed by atoms with Gasteiger partial charge in [-0.2, -0.15) is 5.10 Å². The van der Waals surface area contributed by atoms with Crippen molar-refractivity contribution in [1.82, 2.24) is 5.43 Å². The van der Waals surface area contributed by atoms with Crippen molar-refractivity contribution >= 4 is 18.1 Å². The van der Waals surface area contributed by atoms with Gasteiger partial charge in [0.25, 0.3) is 5.91 Å². The Bertz CT molecular complexity index is 787. The zero-order chi connectivity index (χ0) is 18.4. The van der Waals surface area contributed by atoms with Gasteiger partial charge in [-0.05, 0) is 29.2 Å². The summed E-state index contributed by atoms with van der Waals surface area (Å²) < 4.78 is 4.72. The first-order valence-electron chi connectivity index (χ1n) is 7.94. The Morgan fingerprint density at radius 3 is 2.28 bits per heavy atom. The van der Waals surface area contributed by atoms with Crippen LogP contribution in [0.15, 0.2) is 53.6 Å². The summed E-state index contributed by atoms with van der Waals surface area (Å²) in [6.07, 6.45) is 1.42. The van der Waals surface area contributed by atoms with Crippen molar-refractivity contribution in [2.24, 2.45) is 5.10 Å². The standard InChI is InChI=1S/C20H22N2O3/c1-20(2,3)16-11-9-14(10-12-16)18(23)22-21-13-15-7-5-6-8-17(15)19(24)25-4/h5-13H,1-4H3,(H,22,23)/b21-13-. The molecule has 5 nitrogen and oxygen atoms in total. The Balaban J connectivity index is 2.08. The topological polar surface area (TPSA) is 67.8 Å². The number of hydrogen-bond donors (Lipinski definition) is 1. The summed E-state index contributed by atoms with van der Waals surface area (Å²) in [6, 6.07) is 14.3. The number of ether oxygens (including phenoxy) is 1. The van der Waals surface area contributed by atoms with Gasteiger partial charge in [-0.3, -0.25) is 4.79 Å². The van der Waals surface area contributed by atoms with Crippen molar-refractivity contribution in [1.29, 1.82) is 0 Å². The quantitative estimate of drug-likeness (QED) is 0.527. The molecule has 130 valence electrons. The molecule has 0 atom stereocenters. The number of hydrogen-bond acceptors (Lipinski definition) is 4. The van der Waals surface area contributed by atoms with Crippen LogP contribution in [0.2, 0.25) is 0 Å². The predicted octanol–water partition coefficient (Wildman–Crippen LogP) is 3.53. The molecule has 0 spiro atoms. The molecule has 0 radical (unpaired) electrons. The van der Waals surface area contributed by atoms with Crippen molar-refractivity contribution < 1.29 is 14.3 Å². The summed E-state index contributed by atoms with van der Waals surface area (Å²) in [5.74, 6) is -0.765. The maximum atomic E-state index is 12.2. The van der Waals surface area contributed by atoms with E-state index in [-0.39, 0.29) is 11.3 Å². The molecule has 0 aliphatic rings. The number of hydrazone groups is 1. The molecule has 0 aromatic heterocycles. The van der Waals surface area contributed by atoms with E-state index < -0.39 is 5.97 Å². The van der Waals surface area contributed by atoms with Gasteiger partial charge < -0.3 is 4.74 Å². The van der Waals surface area contributed by atoms with Gasteiger partial charge in [0, 0.05) is 11.1 Å². The molecule has 2 aromatic carbocycles. The summed E-state index contributed by atoms with van der Waals surface area (Å²) in [5, 5.41) is 3.93. The van der Waals surface area contributed by atoms with E-state index in [0.29, 0.717) is 16.7 Å². The summed E-state index contributed by atoms with van der Waals surface area (Å²) in [5.41, 5.74) is 5.13. The number of carbonyl (C=O) groups is 2. The second-order valence-electron chi connectivity index (χ2n) is 6.61. The van der Waals surface area contributed by atoms with Crippen LogP contribution in [0.4, 0.5) is 0 Å². The fourth-order valence-electron chi connectivity index (χ4n) is 2.25. The SMILES string of the molecule is COC(=O)c1ccccc1/C=N\NC(=O)c1ccc(C(C)(C)C)cc1. The van der Waals surface area contributed by atoms with Crippen LogP contribution in [0, 0.1) is 0 Å². The van der Waals surface area contributed by atoms with Crippen molar-refractivity contribution in [3.63, 3.8) is 0 Å². The van der Waals surface area contributed by atoms with Crippen LogP contribution in [-0.2, 0) is 10.2 Å². The molecule has 0 fully saturated rings. The van der Waals surface area contributed by atoms with Gasteiger partial charge >= 0.3 is 5.97 Å². The smallest absolute Gasteiger partial charge is 0.338 e. The Hall–Kier alpha value is -2.95. The number of benzene rings is 2. The molecular formula is C20H22N2O3. The molecule has 0 aliphatic heterocycles. The van der Waals surface area contributed by atoms with Crippen LogP contribution >= 0.6 is 0 Å². The predicted molar refractivity (Wildman–Crippen MR) is 98.0 cm³/mol. The number of amides is 1. The third-order valence-electron chi connectivity index (χ3n) is 3.75. The molecule has 2 aromatic rings. The normalized spacial score (nSPS) is 11.4. The van der Waals surface area contributed by atoms with Gasteiger partial charge in [-0.15, -0.1) is 0 Å². The number of nitrogens with one attached hydrogen (secondary N) is 1. The first-order chi connectivity index (χ1) is 11.8. The molecule has 0 unspecified atom stereocenters. The van der Waals surface area contributed by atoms with Crippen LogP contribution in [0.25, 0.3) is 0 Å². The molecule has 25 heavy (non-hydrogen) atoms. The van der Waals surface area contributed by atoms with Gasteiger partial charge in [0.05, 0.1) is 18.9 Å². The van der Waals surface area contributed by atoms with Gasteiger partial charge in [-0.1, -0.05) is 51.1 Å². The fraction of sp³-hybridized carbons (Fsp3) is 0.250. The van der Waals surface area contributed by atoms with Crippen molar-refractivity contribution in [2.45, 2.75) is 26.2 Å². The minimum atomic E-state index is -0.453. The number of rotatable bonds is 4. The highest BCUT2D eigenvalue weighted by Crippen LogP contribution is 2.22. The molecule has 1 amide bonds. The molecule has 0 bridgehead atoms. The van der Waals surface area contributed by atoms with E-state index >= 15 is 0 Å². The largest absolute Gasteiger partial charge is 0.465 e. The van der Waals surface area contributed by atoms with Crippen molar-refractivity contribution in [3.05, 3.63) is 70.8 Å². The van der Waals surface area contributed by atoms with E-state index in [0.717, 1.165) is 5.56 Å². The maximum absolute atomic E-state index is 12.2.